The van der Waals surface area contributed by atoms with E-state index in [-0.39, 0.29) is 18.1 Å². The molecule has 21 heavy (non-hydrogen) atoms. The molecule has 5 heteroatoms. The number of nitrogens with zero attached hydrogens (tertiary/aromatic N) is 1. The monoisotopic (exact) mass is 286 g/mol. The number of nitrogens with one attached hydrogen (secondary N) is 1. The van der Waals surface area contributed by atoms with Gasteiger partial charge < -0.3 is 15.5 Å². The first-order valence-corrected chi connectivity index (χ1v) is 7.10. The van der Waals surface area contributed by atoms with Crippen molar-refractivity contribution in [3.63, 3.8) is 0 Å². The Hall–Kier alpha value is -1.98. The third-order valence-electron chi connectivity index (χ3n) is 4.05. The number of carbonyl (C=O) groups is 1. The predicted molar refractivity (Wildman–Crippen MR) is 78.4 cm³/mol. The second-order valence-corrected chi connectivity index (χ2v) is 5.55. The van der Waals surface area contributed by atoms with E-state index >= 15 is 0 Å². The van der Waals surface area contributed by atoms with E-state index in [9.17, 15) is 9.90 Å². The molecule has 1 amide bonds. The lowest BCUT2D eigenvalue weighted by Crippen LogP contribution is -2.42. The average Bonchev–Trinajstić information content (AvgIpc) is 2.49. The highest BCUT2D eigenvalue weighted by Crippen LogP contribution is 2.38. The molecular weight excluding hydrogens is 268 g/mol. The molecular formula is C16H18N2O3. The first-order chi connectivity index (χ1) is 10.2. The van der Waals surface area contributed by atoms with Crippen molar-refractivity contribution >= 4 is 16.8 Å². The van der Waals surface area contributed by atoms with Crippen LogP contribution in [0, 0.1) is 5.92 Å². The Kier molecular flexibility index (Phi) is 3.86. The molecule has 1 unspecified atom stereocenters. The van der Waals surface area contributed by atoms with E-state index in [1.165, 1.54) is 0 Å². The summed E-state index contributed by atoms with van der Waals surface area (Å²) in [6, 6.07) is 9.59. The van der Waals surface area contributed by atoms with Crippen molar-refractivity contribution in [3.05, 3.63) is 42.1 Å². The number of hydrogen-bond donors (Lipinski definition) is 3. The van der Waals surface area contributed by atoms with Crippen molar-refractivity contribution < 1.29 is 15.0 Å². The van der Waals surface area contributed by atoms with Gasteiger partial charge in [-0.3, -0.25) is 9.78 Å². The fourth-order valence-corrected chi connectivity index (χ4v) is 2.85. The van der Waals surface area contributed by atoms with Crippen LogP contribution in [0.3, 0.4) is 0 Å². The molecule has 3 rings (SSSR count). The fraction of sp³-hybridized carbons (Fsp3) is 0.375. The minimum absolute atomic E-state index is 0.179. The first-order valence-electron chi connectivity index (χ1n) is 7.10. The van der Waals surface area contributed by atoms with Crippen LogP contribution in [0.1, 0.15) is 24.4 Å². The highest BCUT2D eigenvalue weighted by Gasteiger charge is 2.35. The summed E-state index contributed by atoms with van der Waals surface area (Å²) in [5, 5.41) is 22.3. The molecule has 0 aliphatic heterocycles. The number of fused-ring (bicyclic) bond motifs is 1. The van der Waals surface area contributed by atoms with E-state index in [0.717, 1.165) is 16.5 Å². The number of aliphatic hydroxyl groups excluding tert-OH is 2. The zero-order valence-corrected chi connectivity index (χ0v) is 11.6. The Morgan fingerprint density at radius 1 is 1.38 bits per heavy atom. The van der Waals surface area contributed by atoms with E-state index in [1.54, 1.807) is 6.20 Å². The van der Waals surface area contributed by atoms with Gasteiger partial charge in [-0.15, -0.1) is 0 Å². The smallest absolute Gasteiger partial charge is 0.246 e. The van der Waals surface area contributed by atoms with Crippen LogP contribution in [-0.4, -0.2) is 33.8 Å². The number of aromatic nitrogens is 1. The van der Waals surface area contributed by atoms with Crippen LogP contribution < -0.4 is 5.32 Å². The molecule has 5 nitrogen and oxygen atoms in total. The first kappa shape index (κ1) is 14.0. The van der Waals surface area contributed by atoms with Crippen LogP contribution in [0.25, 0.3) is 10.9 Å². The second-order valence-electron chi connectivity index (χ2n) is 5.55. The van der Waals surface area contributed by atoms with Gasteiger partial charge in [0.2, 0.25) is 5.91 Å². The summed E-state index contributed by atoms with van der Waals surface area (Å²) in [5.41, 5.74) is 1.81. The summed E-state index contributed by atoms with van der Waals surface area (Å²) in [7, 11) is 0. The summed E-state index contributed by atoms with van der Waals surface area (Å²) in [6.45, 7) is -0.535. The van der Waals surface area contributed by atoms with Crippen LogP contribution in [0.4, 0.5) is 0 Å². The number of pyridine rings is 1. The molecule has 1 aliphatic rings. The number of carbonyl (C=O) groups excluding carboxylic acids is 1. The van der Waals surface area contributed by atoms with Gasteiger partial charge >= 0.3 is 0 Å². The zero-order valence-electron chi connectivity index (χ0n) is 11.6. The molecule has 1 fully saturated rings. The highest BCUT2D eigenvalue weighted by atomic mass is 16.3. The van der Waals surface area contributed by atoms with Crippen molar-refractivity contribution in [1.82, 2.24) is 10.3 Å². The minimum Gasteiger partial charge on any atom is -0.393 e. The van der Waals surface area contributed by atoms with Crippen LogP contribution in [0.5, 0.6) is 0 Å². The minimum atomic E-state index is -0.535. The maximum atomic E-state index is 11.5. The second kappa shape index (κ2) is 5.79. The molecule has 3 N–H and O–H groups in total. The number of rotatable bonds is 4. The Morgan fingerprint density at radius 3 is 2.86 bits per heavy atom. The van der Waals surface area contributed by atoms with Crippen molar-refractivity contribution in [2.75, 3.05) is 6.61 Å². The Labute approximate surface area is 122 Å². The zero-order chi connectivity index (χ0) is 14.8. The van der Waals surface area contributed by atoms with Crippen LogP contribution in [-0.2, 0) is 4.79 Å². The van der Waals surface area contributed by atoms with Crippen LogP contribution in [0.2, 0.25) is 0 Å². The highest BCUT2D eigenvalue weighted by molar-refractivity contribution is 5.80. The molecule has 1 atom stereocenters. The lowest BCUT2D eigenvalue weighted by atomic mass is 9.75. The normalized spacial score (nSPS) is 22.6. The lowest BCUT2D eigenvalue weighted by molar-refractivity contribution is -0.125. The van der Waals surface area contributed by atoms with Gasteiger partial charge in [-0.25, -0.2) is 0 Å². The molecule has 0 radical (unpaired) electrons. The van der Waals surface area contributed by atoms with E-state index in [4.69, 9.17) is 5.11 Å². The molecule has 0 bridgehead atoms. The van der Waals surface area contributed by atoms with Crippen molar-refractivity contribution in [1.29, 1.82) is 0 Å². The summed E-state index contributed by atoms with van der Waals surface area (Å²) in [6.07, 6.45) is 2.78. The van der Waals surface area contributed by atoms with E-state index in [0.29, 0.717) is 12.8 Å². The standard InChI is InChI=1S/C16H18N2O3/c19-9-15(21)18-16(11-6-13(20)7-11)12-5-10-3-1-2-4-14(10)17-8-12/h1-5,8,11,13,16,19-20H,6-7,9H2,(H,18,21). The molecule has 1 aromatic heterocycles. The maximum Gasteiger partial charge on any atom is 0.246 e. The third kappa shape index (κ3) is 2.89. The SMILES string of the molecule is O=C(CO)NC(c1cnc2ccccc2c1)C1CC(O)C1. The molecule has 1 aliphatic carbocycles. The summed E-state index contributed by atoms with van der Waals surface area (Å²) >= 11 is 0. The summed E-state index contributed by atoms with van der Waals surface area (Å²) in [4.78, 5) is 16.0. The van der Waals surface area contributed by atoms with Crippen LogP contribution >= 0.6 is 0 Å². The van der Waals surface area contributed by atoms with Crippen molar-refractivity contribution in [3.8, 4) is 0 Å². The maximum absolute atomic E-state index is 11.5. The number of benzene rings is 1. The summed E-state index contributed by atoms with van der Waals surface area (Å²) in [5.74, 6) is -0.229. The molecule has 0 saturated heterocycles. The molecule has 2 aromatic rings. The van der Waals surface area contributed by atoms with Crippen molar-refractivity contribution in [2.24, 2.45) is 5.92 Å². The summed E-state index contributed by atoms with van der Waals surface area (Å²) < 4.78 is 0. The molecule has 0 spiro atoms. The number of aliphatic hydroxyl groups is 2. The van der Waals surface area contributed by atoms with Gasteiger partial charge in [-0.1, -0.05) is 18.2 Å². The quantitative estimate of drug-likeness (QED) is 0.787. The Morgan fingerprint density at radius 2 is 2.14 bits per heavy atom. The van der Waals surface area contributed by atoms with E-state index in [2.05, 4.69) is 10.3 Å². The van der Waals surface area contributed by atoms with Crippen LogP contribution in [0.15, 0.2) is 36.5 Å². The largest absolute Gasteiger partial charge is 0.393 e. The molecule has 1 saturated carbocycles. The number of para-hydroxylation sites is 1. The number of amides is 1. The third-order valence-corrected chi connectivity index (χ3v) is 4.05. The van der Waals surface area contributed by atoms with Gasteiger partial charge in [0.05, 0.1) is 17.7 Å². The van der Waals surface area contributed by atoms with E-state index < -0.39 is 12.5 Å². The van der Waals surface area contributed by atoms with Gasteiger partial charge in [0.25, 0.3) is 0 Å². The molecule has 110 valence electrons. The Bertz CT molecular complexity index is 653. The van der Waals surface area contributed by atoms with E-state index in [1.807, 2.05) is 30.3 Å². The Balaban J connectivity index is 1.91. The van der Waals surface area contributed by atoms with Gasteiger partial charge in [-0.2, -0.15) is 0 Å². The van der Waals surface area contributed by atoms with Gasteiger partial charge in [0, 0.05) is 11.6 Å². The predicted octanol–water partition coefficient (Wildman–Crippen LogP) is 1.16. The van der Waals surface area contributed by atoms with Gasteiger partial charge in [-0.05, 0) is 36.5 Å². The fourth-order valence-electron chi connectivity index (χ4n) is 2.85. The van der Waals surface area contributed by atoms with Crippen molar-refractivity contribution in [2.45, 2.75) is 25.0 Å². The molecule has 1 heterocycles. The van der Waals surface area contributed by atoms with Gasteiger partial charge in [0.1, 0.15) is 6.61 Å². The molecule has 1 aromatic carbocycles. The van der Waals surface area contributed by atoms with Gasteiger partial charge in [0.15, 0.2) is 0 Å². The topological polar surface area (TPSA) is 82.5 Å². The lowest BCUT2D eigenvalue weighted by Gasteiger charge is -2.38. The number of hydrogen-bond acceptors (Lipinski definition) is 4. The average molecular weight is 286 g/mol.